The Kier molecular flexibility index (Phi) is 2.79. The van der Waals surface area contributed by atoms with E-state index in [1.807, 2.05) is 6.07 Å². The fraction of sp³-hybridized carbons (Fsp3) is 0.250. The summed E-state index contributed by atoms with van der Waals surface area (Å²) < 4.78 is 0. The van der Waals surface area contributed by atoms with Crippen molar-refractivity contribution in [2.45, 2.75) is 13.0 Å². The van der Waals surface area contributed by atoms with E-state index >= 15 is 0 Å². The van der Waals surface area contributed by atoms with E-state index in [0.29, 0.717) is 5.69 Å². The molecular formula is C12H11N3O2. The number of para-hydroxylation sites is 1. The van der Waals surface area contributed by atoms with Crippen molar-refractivity contribution < 1.29 is 9.59 Å². The third-order valence-corrected chi connectivity index (χ3v) is 2.63. The lowest BCUT2D eigenvalue weighted by atomic mass is 10.1. The highest BCUT2D eigenvalue weighted by molar-refractivity contribution is 6.06. The molecule has 1 N–H and O–H groups in total. The van der Waals surface area contributed by atoms with E-state index in [2.05, 4.69) is 5.32 Å². The van der Waals surface area contributed by atoms with E-state index < -0.39 is 6.04 Å². The van der Waals surface area contributed by atoms with Crippen molar-refractivity contribution in [3.05, 3.63) is 29.8 Å². The lowest BCUT2D eigenvalue weighted by Crippen LogP contribution is -2.36. The van der Waals surface area contributed by atoms with Gasteiger partial charge in [0.2, 0.25) is 5.91 Å². The summed E-state index contributed by atoms with van der Waals surface area (Å²) in [6, 6.07) is 8.43. The van der Waals surface area contributed by atoms with Gasteiger partial charge in [0.1, 0.15) is 12.6 Å². The van der Waals surface area contributed by atoms with Crippen LogP contribution in [0.2, 0.25) is 0 Å². The molecule has 0 radical (unpaired) electrons. The minimum absolute atomic E-state index is 0.00800. The molecule has 0 fully saturated rings. The van der Waals surface area contributed by atoms with Gasteiger partial charge in [0.25, 0.3) is 5.91 Å². The summed E-state index contributed by atoms with van der Waals surface area (Å²) in [7, 11) is 0. The van der Waals surface area contributed by atoms with E-state index in [4.69, 9.17) is 5.26 Å². The zero-order valence-corrected chi connectivity index (χ0v) is 9.30. The fourth-order valence-corrected chi connectivity index (χ4v) is 1.96. The first-order chi connectivity index (χ1) is 8.15. The summed E-state index contributed by atoms with van der Waals surface area (Å²) in [5.41, 5.74) is 1.43. The zero-order valence-electron chi connectivity index (χ0n) is 9.30. The molecule has 5 nitrogen and oxygen atoms in total. The van der Waals surface area contributed by atoms with Gasteiger partial charge in [-0.1, -0.05) is 18.2 Å². The SMILES string of the molecule is CC(=O)N[C@@H]1C(=O)N(CC#N)c2ccccc21. The smallest absolute Gasteiger partial charge is 0.255 e. The molecule has 1 heterocycles. The average Bonchev–Trinajstić information content (AvgIpc) is 2.55. The van der Waals surface area contributed by atoms with Gasteiger partial charge in [-0.3, -0.25) is 14.5 Å². The summed E-state index contributed by atoms with van der Waals surface area (Å²) in [5, 5.41) is 11.3. The number of nitrogens with zero attached hydrogens (tertiary/aromatic N) is 2. The van der Waals surface area contributed by atoms with Crippen LogP contribution in [0, 0.1) is 11.3 Å². The second-order valence-electron chi connectivity index (χ2n) is 3.77. The highest BCUT2D eigenvalue weighted by Gasteiger charge is 2.37. The number of hydrogen-bond acceptors (Lipinski definition) is 3. The van der Waals surface area contributed by atoms with Gasteiger partial charge in [-0.2, -0.15) is 5.26 Å². The highest BCUT2D eigenvalue weighted by atomic mass is 16.2. The number of nitriles is 1. The van der Waals surface area contributed by atoms with Gasteiger partial charge < -0.3 is 5.32 Å². The number of nitrogens with one attached hydrogen (secondary N) is 1. The van der Waals surface area contributed by atoms with Crippen molar-refractivity contribution in [3.8, 4) is 6.07 Å². The Bertz CT molecular complexity index is 519. The van der Waals surface area contributed by atoms with Gasteiger partial charge in [0.05, 0.1) is 11.8 Å². The summed E-state index contributed by atoms with van der Waals surface area (Å²) in [4.78, 5) is 24.5. The van der Waals surface area contributed by atoms with Gasteiger partial charge in [0.15, 0.2) is 0 Å². The lowest BCUT2D eigenvalue weighted by molar-refractivity contribution is -0.126. The molecule has 86 valence electrons. The number of amides is 2. The molecule has 1 aromatic rings. The van der Waals surface area contributed by atoms with Crippen LogP contribution in [-0.2, 0) is 9.59 Å². The van der Waals surface area contributed by atoms with Crippen molar-refractivity contribution in [3.63, 3.8) is 0 Å². The third kappa shape index (κ3) is 1.85. The molecule has 0 aliphatic carbocycles. The number of anilines is 1. The molecule has 2 amide bonds. The summed E-state index contributed by atoms with van der Waals surface area (Å²) >= 11 is 0. The first-order valence-corrected chi connectivity index (χ1v) is 5.19. The van der Waals surface area contributed by atoms with Crippen LogP contribution in [0.1, 0.15) is 18.5 Å². The minimum atomic E-state index is -0.669. The van der Waals surface area contributed by atoms with Gasteiger partial charge in [-0.15, -0.1) is 0 Å². The van der Waals surface area contributed by atoms with Crippen molar-refractivity contribution in [2.75, 3.05) is 11.4 Å². The molecule has 2 rings (SSSR count). The number of rotatable bonds is 2. The van der Waals surface area contributed by atoms with Crippen LogP contribution in [0.5, 0.6) is 0 Å². The van der Waals surface area contributed by atoms with Crippen LogP contribution in [0.3, 0.4) is 0 Å². The van der Waals surface area contributed by atoms with Crippen LogP contribution < -0.4 is 10.2 Å². The van der Waals surface area contributed by atoms with Crippen molar-refractivity contribution in [1.82, 2.24) is 5.32 Å². The van der Waals surface area contributed by atoms with Crippen LogP contribution in [0.4, 0.5) is 5.69 Å². The first kappa shape index (κ1) is 11.1. The van der Waals surface area contributed by atoms with Crippen molar-refractivity contribution >= 4 is 17.5 Å². The maximum atomic E-state index is 12.0. The highest BCUT2D eigenvalue weighted by Crippen LogP contribution is 2.35. The maximum absolute atomic E-state index is 12.0. The molecular weight excluding hydrogens is 218 g/mol. The standard InChI is InChI=1S/C12H11N3O2/c1-8(16)14-11-9-4-2-3-5-10(9)15(7-6-13)12(11)17/h2-5,11H,7H2,1H3,(H,14,16)/t11-/m0/s1. The zero-order chi connectivity index (χ0) is 12.4. The molecule has 5 heteroatoms. The van der Waals surface area contributed by atoms with Crippen LogP contribution >= 0.6 is 0 Å². The maximum Gasteiger partial charge on any atom is 0.255 e. The van der Waals surface area contributed by atoms with Crippen LogP contribution in [0.25, 0.3) is 0 Å². The van der Waals surface area contributed by atoms with Gasteiger partial charge >= 0.3 is 0 Å². The third-order valence-electron chi connectivity index (χ3n) is 2.63. The fourth-order valence-electron chi connectivity index (χ4n) is 1.96. The molecule has 0 bridgehead atoms. The molecule has 0 spiro atoms. The largest absolute Gasteiger partial charge is 0.341 e. The van der Waals surface area contributed by atoms with E-state index in [1.165, 1.54) is 11.8 Å². The van der Waals surface area contributed by atoms with Crippen molar-refractivity contribution in [1.29, 1.82) is 5.26 Å². The Morgan fingerprint density at radius 2 is 2.24 bits per heavy atom. The number of carbonyl (C=O) groups excluding carboxylic acids is 2. The molecule has 0 unspecified atom stereocenters. The Morgan fingerprint density at radius 3 is 2.88 bits per heavy atom. The number of fused-ring (bicyclic) bond motifs is 1. The molecule has 1 aromatic carbocycles. The molecule has 1 atom stereocenters. The van der Waals surface area contributed by atoms with Crippen LogP contribution in [0.15, 0.2) is 24.3 Å². The monoisotopic (exact) mass is 229 g/mol. The Balaban J connectivity index is 2.42. The molecule has 0 aromatic heterocycles. The lowest BCUT2D eigenvalue weighted by Gasteiger charge is -2.13. The van der Waals surface area contributed by atoms with E-state index in [-0.39, 0.29) is 18.4 Å². The molecule has 0 saturated carbocycles. The quantitative estimate of drug-likeness (QED) is 0.760. The van der Waals surface area contributed by atoms with Gasteiger partial charge in [-0.25, -0.2) is 0 Å². The molecule has 1 aliphatic rings. The Morgan fingerprint density at radius 1 is 1.53 bits per heavy atom. The van der Waals surface area contributed by atoms with Gasteiger partial charge in [0, 0.05) is 12.5 Å². The van der Waals surface area contributed by atoms with Crippen molar-refractivity contribution in [2.24, 2.45) is 0 Å². The van der Waals surface area contributed by atoms with Crippen LogP contribution in [-0.4, -0.2) is 18.4 Å². The summed E-state index contributed by atoms with van der Waals surface area (Å²) in [5.74, 6) is -0.528. The Labute approximate surface area is 98.6 Å². The second kappa shape index (κ2) is 4.26. The van der Waals surface area contributed by atoms with E-state index in [1.54, 1.807) is 24.3 Å². The second-order valence-corrected chi connectivity index (χ2v) is 3.77. The first-order valence-electron chi connectivity index (χ1n) is 5.19. The number of carbonyl (C=O) groups is 2. The predicted molar refractivity (Wildman–Crippen MR) is 61.0 cm³/mol. The Hall–Kier alpha value is -2.35. The number of hydrogen-bond donors (Lipinski definition) is 1. The molecule has 1 aliphatic heterocycles. The summed E-state index contributed by atoms with van der Waals surface area (Å²) in [6.45, 7) is 1.36. The molecule has 0 saturated heterocycles. The number of benzene rings is 1. The summed E-state index contributed by atoms with van der Waals surface area (Å²) in [6.07, 6.45) is 0. The topological polar surface area (TPSA) is 73.2 Å². The predicted octanol–water partition coefficient (Wildman–Crippen LogP) is 0.734. The van der Waals surface area contributed by atoms with E-state index in [0.717, 1.165) is 5.56 Å². The normalized spacial score (nSPS) is 17.5. The minimum Gasteiger partial charge on any atom is -0.341 e. The average molecular weight is 229 g/mol. The molecule has 17 heavy (non-hydrogen) atoms. The van der Waals surface area contributed by atoms with Gasteiger partial charge in [-0.05, 0) is 6.07 Å². The van der Waals surface area contributed by atoms with E-state index in [9.17, 15) is 9.59 Å².